The van der Waals surface area contributed by atoms with Gasteiger partial charge in [0.25, 0.3) is 10.0 Å². The molecule has 0 radical (unpaired) electrons. The van der Waals surface area contributed by atoms with E-state index in [0.29, 0.717) is 23.7 Å². The molecule has 0 spiro atoms. The second kappa shape index (κ2) is 11.1. The zero-order valence-electron chi connectivity index (χ0n) is 18.7. The summed E-state index contributed by atoms with van der Waals surface area (Å²) in [7, 11) is -4.06. The molecule has 3 aromatic carbocycles. The van der Waals surface area contributed by atoms with Crippen molar-refractivity contribution in [3.8, 4) is 5.75 Å². The molecule has 0 aliphatic heterocycles. The number of nitrogens with zero attached hydrogens (tertiary/aromatic N) is 1. The molecule has 0 heterocycles. The minimum Gasteiger partial charge on any atom is -0.494 e. The molecule has 34 heavy (non-hydrogen) atoms. The number of ether oxygens (including phenoxy) is 1. The van der Waals surface area contributed by atoms with E-state index < -0.39 is 28.4 Å². The van der Waals surface area contributed by atoms with E-state index in [-0.39, 0.29) is 10.5 Å². The number of sulfonamides is 1. The average molecular weight is 500 g/mol. The molecule has 0 aromatic heterocycles. The zero-order valence-corrected chi connectivity index (χ0v) is 20.4. The van der Waals surface area contributed by atoms with Gasteiger partial charge in [0.2, 0.25) is 11.8 Å². The van der Waals surface area contributed by atoms with Crippen LogP contribution in [0.25, 0.3) is 0 Å². The quantitative estimate of drug-likeness (QED) is 0.410. The Labute approximate surface area is 203 Å². The molecule has 0 saturated carbocycles. The predicted octanol–water partition coefficient (Wildman–Crippen LogP) is 3.74. The van der Waals surface area contributed by atoms with Gasteiger partial charge in [-0.3, -0.25) is 13.9 Å². The third kappa shape index (κ3) is 6.09. The van der Waals surface area contributed by atoms with Crippen LogP contribution in [0.5, 0.6) is 5.75 Å². The summed E-state index contributed by atoms with van der Waals surface area (Å²) in [4.78, 5) is 25.3. The molecular weight excluding hydrogens is 474 g/mol. The number of primary amides is 1. The maximum absolute atomic E-state index is 13.5. The molecule has 10 heteroatoms. The fraction of sp³-hybridized carbons (Fsp3) is 0.167. The van der Waals surface area contributed by atoms with Crippen molar-refractivity contribution in [1.82, 2.24) is 0 Å². The molecule has 0 aliphatic carbocycles. The Kier molecular flexibility index (Phi) is 8.19. The summed E-state index contributed by atoms with van der Waals surface area (Å²) in [6.07, 6.45) is 1.90. The number of nitrogens with one attached hydrogen (secondary N) is 1. The normalized spacial score (nSPS) is 11.0. The monoisotopic (exact) mass is 499 g/mol. The van der Waals surface area contributed by atoms with Crippen molar-refractivity contribution in [2.24, 2.45) is 5.73 Å². The second-order valence-corrected chi connectivity index (χ2v) is 9.85. The molecule has 3 N–H and O–H groups in total. The standard InChI is InChI=1S/C24H25N3O5S2/c1-3-32-20-9-7-19(8-10-20)27(34(30,31)22-13-11-21(33-2)12-14-22)16-23(28)26-18-6-4-5-17(15-18)24(25)29/h4-15H,3,16H2,1-2H3,(H2,25,29)(H,26,28). The number of nitrogens with two attached hydrogens (primary N) is 1. The van der Waals surface area contributed by atoms with Crippen molar-refractivity contribution in [2.45, 2.75) is 16.7 Å². The number of amides is 2. The Balaban J connectivity index is 1.93. The van der Waals surface area contributed by atoms with Crippen LogP contribution in [0.3, 0.4) is 0 Å². The van der Waals surface area contributed by atoms with Crippen LogP contribution in [0.15, 0.2) is 82.6 Å². The number of anilines is 2. The van der Waals surface area contributed by atoms with E-state index in [9.17, 15) is 18.0 Å². The van der Waals surface area contributed by atoms with E-state index in [1.807, 2.05) is 13.2 Å². The summed E-state index contributed by atoms with van der Waals surface area (Å²) in [6, 6.07) is 19.0. The predicted molar refractivity (Wildman–Crippen MR) is 134 cm³/mol. The lowest BCUT2D eigenvalue weighted by Gasteiger charge is -2.24. The summed E-state index contributed by atoms with van der Waals surface area (Å²) < 4.78 is 33.5. The van der Waals surface area contributed by atoms with Crippen LogP contribution in [0.2, 0.25) is 0 Å². The number of hydrogen-bond donors (Lipinski definition) is 2. The largest absolute Gasteiger partial charge is 0.494 e. The van der Waals surface area contributed by atoms with Gasteiger partial charge in [-0.25, -0.2) is 8.42 Å². The fourth-order valence-electron chi connectivity index (χ4n) is 3.15. The van der Waals surface area contributed by atoms with Crippen LogP contribution < -0.4 is 20.1 Å². The molecule has 0 aliphatic rings. The highest BCUT2D eigenvalue weighted by molar-refractivity contribution is 7.98. The van der Waals surface area contributed by atoms with Crippen LogP contribution in [0, 0.1) is 0 Å². The highest BCUT2D eigenvalue weighted by Gasteiger charge is 2.27. The van der Waals surface area contributed by atoms with Crippen molar-refractivity contribution < 1.29 is 22.7 Å². The lowest BCUT2D eigenvalue weighted by Crippen LogP contribution is -2.38. The molecule has 0 saturated heterocycles. The molecule has 0 atom stereocenters. The summed E-state index contributed by atoms with van der Waals surface area (Å²) in [5, 5.41) is 2.63. The Bertz CT molecular complexity index is 1260. The average Bonchev–Trinajstić information content (AvgIpc) is 2.83. The van der Waals surface area contributed by atoms with Crippen molar-refractivity contribution in [1.29, 1.82) is 0 Å². The molecule has 0 fully saturated rings. The smallest absolute Gasteiger partial charge is 0.264 e. The summed E-state index contributed by atoms with van der Waals surface area (Å²) in [6.45, 7) is 1.83. The Morgan fingerprint density at radius 2 is 1.71 bits per heavy atom. The lowest BCUT2D eigenvalue weighted by molar-refractivity contribution is -0.114. The first-order valence-corrected chi connectivity index (χ1v) is 13.0. The fourth-order valence-corrected chi connectivity index (χ4v) is 4.98. The molecular formula is C24H25N3O5S2. The van der Waals surface area contributed by atoms with Crippen molar-refractivity contribution >= 4 is 45.0 Å². The summed E-state index contributed by atoms with van der Waals surface area (Å²) in [5.41, 5.74) is 6.15. The van der Waals surface area contributed by atoms with Crippen LogP contribution >= 0.6 is 11.8 Å². The van der Waals surface area contributed by atoms with E-state index in [1.54, 1.807) is 48.5 Å². The zero-order chi connectivity index (χ0) is 24.7. The van der Waals surface area contributed by atoms with E-state index in [0.717, 1.165) is 9.20 Å². The first-order valence-electron chi connectivity index (χ1n) is 10.3. The van der Waals surface area contributed by atoms with Gasteiger partial charge in [0.05, 0.1) is 17.2 Å². The minimum atomic E-state index is -4.06. The molecule has 178 valence electrons. The summed E-state index contributed by atoms with van der Waals surface area (Å²) in [5.74, 6) is -0.635. The van der Waals surface area contributed by atoms with Gasteiger partial charge >= 0.3 is 0 Å². The van der Waals surface area contributed by atoms with Gasteiger partial charge in [-0.15, -0.1) is 11.8 Å². The summed E-state index contributed by atoms with van der Waals surface area (Å²) >= 11 is 1.49. The third-order valence-electron chi connectivity index (χ3n) is 4.80. The van der Waals surface area contributed by atoms with Gasteiger partial charge in [-0.2, -0.15) is 0 Å². The second-order valence-electron chi connectivity index (χ2n) is 7.11. The van der Waals surface area contributed by atoms with Crippen molar-refractivity contribution in [3.05, 3.63) is 78.4 Å². The number of carbonyl (C=O) groups is 2. The molecule has 0 unspecified atom stereocenters. The minimum absolute atomic E-state index is 0.0581. The molecule has 8 nitrogen and oxygen atoms in total. The van der Waals surface area contributed by atoms with Crippen LogP contribution in [-0.4, -0.2) is 39.6 Å². The highest BCUT2D eigenvalue weighted by atomic mass is 32.2. The topological polar surface area (TPSA) is 119 Å². The van der Waals surface area contributed by atoms with Crippen LogP contribution in [0.1, 0.15) is 17.3 Å². The Morgan fingerprint density at radius 1 is 1.03 bits per heavy atom. The van der Waals surface area contributed by atoms with E-state index >= 15 is 0 Å². The maximum atomic E-state index is 13.5. The van der Waals surface area contributed by atoms with Crippen LogP contribution in [-0.2, 0) is 14.8 Å². The van der Waals surface area contributed by atoms with E-state index in [2.05, 4.69) is 5.32 Å². The number of rotatable bonds is 10. The number of carbonyl (C=O) groups excluding carboxylic acids is 2. The molecule has 0 bridgehead atoms. The molecule has 3 rings (SSSR count). The van der Waals surface area contributed by atoms with Gasteiger partial charge in [0, 0.05) is 16.1 Å². The third-order valence-corrected chi connectivity index (χ3v) is 7.33. The number of hydrogen-bond acceptors (Lipinski definition) is 6. The number of thioether (sulfide) groups is 1. The van der Waals surface area contributed by atoms with Gasteiger partial charge in [0.15, 0.2) is 0 Å². The SMILES string of the molecule is CCOc1ccc(N(CC(=O)Nc2cccc(C(N)=O)c2)S(=O)(=O)c2ccc(SC)cc2)cc1. The number of benzene rings is 3. The highest BCUT2D eigenvalue weighted by Crippen LogP contribution is 2.27. The first-order chi connectivity index (χ1) is 16.2. The van der Waals surface area contributed by atoms with E-state index in [1.165, 1.54) is 36.0 Å². The van der Waals surface area contributed by atoms with Gasteiger partial charge in [-0.1, -0.05) is 6.07 Å². The molecule has 3 aromatic rings. The Hall–Kier alpha value is -3.50. The van der Waals surface area contributed by atoms with Crippen LogP contribution in [0.4, 0.5) is 11.4 Å². The Morgan fingerprint density at radius 3 is 2.29 bits per heavy atom. The van der Waals surface area contributed by atoms with Gasteiger partial charge < -0.3 is 15.8 Å². The lowest BCUT2D eigenvalue weighted by atomic mass is 10.2. The maximum Gasteiger partial charge on any atom is 0.264 e. The van der Waals surface area contributed by atoms with Crippen molar-refractivity contribution in [3.63, 3.8) is 0 Å². The first kappa shape index (κ1) is 25.1. The van der Waals surface area contributed by atoms with Gasteiger partial charge in [-0.05, 0) is 79.9 Å². The van der Waals surface area contributed by atoms with Crippen molar-refractivity contribution in [2.75, 3.05) is 29.0 Å². The van der Waals surface area contributed by atoms with Gasteiger partial charge in [0.1, 0.15) is 12.3 Å². The molecule has 2 amide bonds. The van der Waals surface area contributed by atoms with E-state index in [4.69, 9.17) is 10.5 Å².